The minimum atomic E-state index is -0.518. The average molecular weight is 327 g/mol. The molecule has 0 heterocycles. The predicted molar refractivity (Wildman–Crippen MR) is 99.4 cm³/mol. The Morgan fingerprint density at radius 2 is 1.58 bits per heavy atom. The monoisotopic (exact) mass is 327 g/mol. The summed E-state index contributed by atoms with van der Waals surface area (Å²) in [7, 11) is 0. The van der Waals surface area contributed by atoms with Gasteiger partial charge in [-0.25, -0.2) is 0 Å². The summed E-state index contributed by atoms with van der Waals surface area (Å²) in [6.07, 6.45) is -0.518. The van der Waals surface area contributed by atoms with Crippen molar-refractivity contribution in [1.82, 2.24) is 4.90 Å². The molecule has 0 fully saturated rings. The molecule has 0 unspecified atom stereocenters. The van der Waals surface area contributed by atoms with Crippen molar-refractivity contribution in [2.75, 3.05) is 13.2 Å². The Hall–Kier alpha value is -1.84. The van der Waals surface area contributed by atoms with E-state index in [-0.39, 0.29) is 0 Å². The minimum Gasteiger partial charge on any atom is -0.491 e. The van der Waals surface area contributed by atoms with Crippen LogP contribution in [0.3, 0.4) is 0 Å². The molecule has 0 aliphatic carbocycles. The molecular formula is C21H29NO2. The SMILES string of the molecule is Cc1ccccc1CN(C[C@@H](O)COc1ccccc1C)C(C)C. The second-order valence-electron chi connectivity index (χ2n) is 6.68. The summed E-state index contributed by atoms with van der Waals surface area (Å²) in [5.41, 5.74) is 3.68. The highest BCUT2D eigenvalue weighted by molar-refractivity contribution is 5.31. The molecule has 0 saturated heterocycles. The lowest BCUT2D eigenvalue weighted by molar-refractivity contribution is 0.0540. The summed E-state index contributed by atoms with van der Waals surface area (Å²) in [6, 6.07) is 16.7. The van der Waals surface area contributed by atoms with E-state index >= 15 is 0 Å². The van der Waals surface area contributed by atoms with Crippen molar-refractivity contribution in [1.29, 1.82) is 0 Å². The molecule has 3 heteroatoms. The second-order valence-corrected chi connectivity index (χ2v) is 6.68. The summed E-state index contributed by atoms with van der Waals surface area (Å²) in [6.45, 7) is 10.2. The highest BCUT2D eigenvalue weighted by Gasteiger charge is 2.16. The Kier molecular flexibility index (Phi) is 6.83. The lowest BCUT2D eigenvalue weighted by Crippen LogP contribution is -2.39. The predicted octanol–water partition coefficient (Wildman–Crippen LogP) is 3.95. The highest BCUT2D eigenvalue weighted by atomic mass is 16.5. The van der Waals surface area contributed by atoms with Crippen molar-refractivity contribution >= 4 is 0 Å². The summed E-state index contributed by atoms with van der Waals surface area (Å²) < 4.78 is 5.78. The maximum atomic E-state index is 10.4. The Labute approximate surface area is 145 Å². The molecule has 2 rings (SSSR count). The number of hydrogen-bond acceptors (Lipinski definition) is 3. The minimum absolute atomic E-state index is 0.307. The van der Waals surface area contributed by atoms with Crippen LogP contribution in [0.1, 0.15) is 30.5 Å². The van der Waals surface area contributed by atoms with Crippen LogP contribution in [-0.4, -0.2) is 35.3 Å². The van der Waals surface area contributed by atoms with Gasteiger partial charge in [-0.3, -0.25) is 4.90 Å². The zero-order valence-corrected chi connectivity index (χ0v) is 15.2. The van der Waals surface area contributed by atoms with Gasteiger partial charge in [0.2, 0.25) is 0 Å². The molecule has 0 saturated carbocycles. The summed E-state index contributed by atoms with van der Waals surface area (Å²) >= 11 is 0. The van der Waals surface area contributed by atoms with E-state index in [0.29, 0.717) is 19.2 Å². The fraction of sp³-hybridized carbons (Fsp3) is 0.429. The van der Waals surface area contributed by atoms with Crippen molar-refractivity contribution < 1.29 is 9.84 Å². The Bertz CT molecular complexity index is 639. The van der Waals surface area contributed by atoms with E-state index in [1.807, 2.05) is 31.2 Å². The van der Waals surface area contributed by atoms with Crippen molar-refractivity contribution in [2.24, 2.45) is 0 Å². The van der Waals surface area contributed by atoms with Gasteiger partial charge in [-0.05, 0) is 50.5 Å². The van der Waals surface area contributed by atoms with Crippen LogP contribution in [0.5, 0.6) is 5.75 Å². The van der Waals surface area contributed by atoms with Crippen LogP contribution in [-0.2, 0) is 6.54 Å². The van der Waals surface area contributed by atoms with Gasteiger partial charge in [-0.15, -0.1) is 0 Å². The highest BCUT2D eigenvalue weighted by Crippen LogP contribution is 2.17. The summed E-state index contributed by atoms with van der Waals surface area (Å²) in [5.74, 6) is 0.839. The van der Waals surface area contributed by atoms with Crippen LogP contribution in [0, 0.1) is 13.8 Å². The molecule has 0 radical (unpaired) electrons. The number of aliphatic hydroxyl groups excluding tert-OH is 1. The molecule has 0 aliphatic heterocycles. The van der Waals surface area contributed by atoms with Gasteiger partial charge >= 0.3 is 0 Å². The third-order valence-electron chi connectivity index (χ3n) is 4.34. The van der Waals surface area contributed by atoms with E-state index in [0.717, 1.165) is 17.9 Å². The largest absolute Gasteiger partial charge is 0.491 e. The topological polar surface area (TPSA) is 32.7 Å². The number of nitrogens with zero attached hydrogens (tertiary/aromatic N) is 1. The first-order valence-corrected chi connectivity index (χ1v) is 8.62. The van der Waals surface area contributed by atoms with Gasteiger partial charge < -0.3 is 9.84 Å². The quantitative estimate of drug-likeness (QED) is 0.797. The first-order valence-electron chi connectivity index (χ1n) is 8.62. The standard InChI is InChI=1S/C21H29NO2/c1-16(2)22(13-19-11-7-5-9-17(19)3)14-20(23)15-24-21-12-8-6-10-18(21)4/h5-12,16,20,23H,13-15H2,1-4H3/t20-/m1/s1. The Morgan fingerprint density at radius 3 is 2.21 bits per heavy atom. The van der Waals surface area contributed by atoms with Gasteiger partial charge in [0.15, 0.2) is 0 Å². The van der Waals surface area contributed by atoms with Gasteiger partial charge in [-0.2, -0.15) is 0 Å². The van der Waals surface area contributed by atoms with E-state index in [1.165, 1.54) is 11.1 Å². The third-order valence-corrected chi connectivity index (χ3v) is 4.34. The van der Waals surface area contributed by atoms with Gasteiger partial charge in [-0.1, -0.05) is 42.5 Å². The number of benzene rings is 2. The maximum Gasteiger partial charge on any atom is 0.122 e. The zero-order chi connectivity index (χ0) is 17.5. The van der Waals surface area contributed by atoms with Crippen molar-refractivity contribution in [3.63, 3.8) is 0 Å². The van der Waals surface area contributed by atoms with E-state index in [9.17, 15) is 5.11 Å². The molecule has 1 atom stereocenters. The van der Waals surface area contributed by atoms with Crippen LogP contribution < -0.4 is 4.74 Å². The number of aryl methyl sites for hydroxylation is 2. The maximum absolute atomic E-state index is 10.4. The lowest BCUT2D eigenvalue weighted by atomic mass is 10.1. The number of rotatable bonds is 8. The van der Waals surface area contributed by atoms with Crippen LogP contribution in [0.2, 0.25) is 0 Å². The van der Waals surface area contributed by atoms with Crippen molar-refractivity contribution in [2.45, 2.75) is 46.4 Å². The van der Waals surface area contributed by atoms with Crippen LogP contribution in [0.25, 0.3) is 0 Å². The van der Waals surface area contributed by atoms with E-state index in [4.69, 9.17) is 4.74 Å². The number of aliphatic hydroxyl groups is 1. The van der Waals surface area contributed by atoms with E-state index in [1.54, 1.807) is 0 Å². The third kappa shape index (κ3) is 5.36. The van der Waals surface area contributed by atoms with Crippen molar-refractivity contribution in [3.05, 3.63) is 65.2 Å². The first kappa shape index (κ1) is 18.5. The number of hydrogen-bond donors (Lipinski definition) is 1. The van der Waals surface area contributed by atoms with E-state index < -0.39 is 6.10 Å². The van der Waals surface area contributed by atoms with Crippen LogP contribution in [0.4, 0.5) is 0 Å². The normalized spacial score (nSPS) is 12.6. The van der Waals surface area contributed by atoms with Gasteiger partial charge in [0.05, 0.1) is 0 Å². The van der Waals surface area contributed by atoms with Gasteiger partial charge in [0.25, 0.3) is 0 Å². The Balaban J connectivity index is 1.92. The Morgan fingerprint density at radius 1 is 0.958 bits per heavy atom. The molecule has 0 bridgehead atoms. The van der Waals surface area contributed by atoms with Gasteiger partial charge in [0, 0.05) is 19.1 Å². The average Bonchev–Trinajstić information content (AvgIpc) is 2.55. The second kappa shape index (κ2) is 8.86. The van der Waals surface area contributed by atoms with Crippen LogP contribution >= 0.6 is 0 Å². The molecule has 1 N–H and O–H groups in total. The molecule has 0 aliphatic rings. The summed E-state index contributed by atoms with van der Waals surface area (Å²) in [4.78, 5) is 2.29. The number of ether oxygens (including phenoxy) is 1. The molecule has 2 aromatic rings. The van der Waals surface area contributed by atoms with E-state index in [2.05, 4.69) is 49.9 Å². The zero-order valence-electron chi connectivity index (χ0n) is 15.2. The van der Waals surface area contributed by atoms with Crippen LogP contribution in [0.15, 0.2) is 48.5 Å². The van der Waals surface area contributed by atoms with Gasteiger partial charge in [0.1, 0.15) is 18.5 Å². The lowest BCUT2D eigenvalue weighted by Gasteiger charge is -2.29. The summed E-state index contributed by atoms with van der Waals surface area (Å²) in [5, 5.41) is 10.4. The number of para-hydroxylation sites is 1. The molecule has 3 nitrogen and oxygen atoms in total. The van der Waals surface area contributed by atoms with Crippen molar-refractivity contribution in [3.8, 4) is 5.75 Å². The first-order chi connectivity index (χ1) is 11.5. The molecule has 24 heavy (non-hydrogen) atoms. The molecule has 0 aromatic heterocycles. The fourth-order valence-corrected chi connectivity index (χ4v) is 2.69. The molecular weight excluding hydrogens is 298 g/mol. The molecule has 2 aromatic carbocycles. The fourth-order valence-electron chi connectivity index (χ4n) is 2.69. The molecule has 0 amide bonds. The smallest absolute Gasteiger partial charge is 0.122 e. The molecule has 0 spiro atoms. The molecule has 130 valence electrons.